The number of anilines is 1. The Labute approximate surface area is 186 Å². The van der Waals surface area contributed by atoms with Crippen LogP contribution in [0.4, 0.5) is 5.69 Å². The molecule has 1 unspecified atom stereocenters. The van der Waals surface area contributed by atoms with E-state index in [1.54, 1.807) is 41.9 Å². The Bertz CT molecular complexity index is 1190. The highest BCUT2D eigenvalue weighted by Gasteiger charge is 2.32. The Morgan fingerprint density at radius 2 is 2.03 bits per heavy atom. The van der Waals surface area contributed by atoms with Crippen LogP contribution in [0.15, 0.2) is 48.1 Å². The van der Waals surface area contributed by atoms with Crippen molar-refractivity contribution in [2.45, 2.75) is 32.2 Å². The maximum Gasteiger partial charge on any atom is 0.251 e. The number of benzene rings is 1. The molecular weight excluding hydrogens is 432 g/mol. The second-order valence-corrected chi connectivity index (χ2v) is 10.5. The highest BCUT2D eigenvalue weighted by molar-refractivity contribution is 7.92. The lowest BCUT2D eigenvalue weighted by Gasteiger charge is -2.21. The number of fused-ring (bicyclic) bond motifs is 1. The molecule has 0 spiro atoms. The number of hydrogen-bond donors (Lipinski definition) is 1. The lowest BCUT2D eigenvalue weighted by atomic mass is 10.1. The summed E-state index contributed by atoms with van der Waals surface area (Å²) in [5.74, 6) is -0.148. The van der Waals surface area contributed by atoms with Gasteiger partial charge in [-0.15, -0.1) is 11.3 Å². The minimum Gasteiger partial charge on any atom is -0.352 e. The van der Waals surface area contributed by atoms with Gasteiger partial charge in [0.25, 0.3) is 5.91 Å². The van der Waals surface area contributed by atoms with E-state index >= 15 is 0 Å². The number of amides is 1. The monoisotopic (exact) mass is 456 g/mol. The van der Waals surface area contributed by atoms with Crippen LogP contribution in [-0.4, -0.2) is 43.1 Å². The predicted octanol–water partition coefficient (Wildman–Crippen LogP) is 3.28. The van der Waals surface area contributed by atoms with Crippen molar-refractivity contribution in [2.75, 3.05) is 17.1 Å². The van der Waals surface area contributed by atoms with Gasteiger partial charge in [-0.3, -0.25) is 14.1 Å². The molecule has 0 aliphatic carbocycles. The van der Waals surface area contributed by atoms with Crippen molar-refractivity contribution < 1.29 is 13.2 Å². The summed E-state index contributed by atoms with van der Waals surface area (Å²) < 4.78 is 25.5. The molecule has 31 heavy (non-hydrogen) atoms. The third-order valence-electron chi connectivity index (χ3n) is 5.23. The van der Waals surface area contributed by atoms with Gasteiger partial charge < -0.3 is 5.32 Å². The molecular formula is C22H24N4O3S2. The Morgan fingerprint density at radius 3 is 2.77 bits per heavy atom. The molecule has 0 fully saturated rings. The first-order valence-electron chi connectivity index (χ1n) is 10.1. The minimum atomic E-state index is -3.33. The van der Waals surface area contributed by atoms with Gasteiger partial charge in [-0.2, -0.15) is 0 Å². The Morgan fingerprint density at radius 1 is 1.26 bits per heavy atom. The number of thiazole rings is 1. The molecule has 0 bridgehead atoms. The van der Waals surface area contributed by atoms with Crippen LogP contribution in [0.5, 0.6) is 0 Å². The van der Waals surface area contributed by atoms with Gasteiger partial charge >= 0.3 is 0 Å². The van der Waals surface area contributed by atoms with Crippen LogP contribution < -0.4 is 9.62 Å². The van der Waals surface area contributed by atoms with E-state index in [9.17, 15) is 13.2 Å². The van der Waals surface area contributed by atoms with E-state index in [-0.39, 0.29) is 11.9 Å². The first-order chi connectivity index (χ1) is 14.8. The molecule has 4 rings (SSSR count). The van der Waals surface area contributed by atoms with E-state index in [0.717, 1.165) is 34.7 Å². The Balaban J connectivity index is 1.31. The fourth-order valence-corrected chi connectivity index (χ4v) is 5.99. The van der Waals surface area contributed by atoms with E-state index in [0.29, 0.717) is 24.2 Å². The third-order valence-corrected chi connectivity index (χ3v) is 7.41. The third kappa shape index (κ3) is 4.77. The van der Waals surface area contributed by atoms with Crippen LogP contribution in [0.3, 0.4) is 0 Å². The van der Waals surface area contributed by atoms with Gasteiger partial charge in [-0.05, 0) is 55.7 Å². The molecule has 1 aromatic carbocycles. The van der Waals surface area contributed by atoms with Gasteiger partial charge in [0.1, 0.15) is 0 Å². The number of rotatable bonds is 7. The average Bonchev–Trinajstić information content (AvgIpc) is 3.34. The van der Waals surface area contributed by atoms with E-state index in [1.165, 1.54) is 10.6 Å². The molecule has 0 saturated heterocycles. The number of aromatic nitrogens is 2. The maximum absolute atomic E-state index is 12.5. The molecule has 3 heterocycles. The van der Waals surface area contributed by atoms with E-state index in [4.69, 9.17) is 0 Å². The van der Waals surface area contributed by atoms with Gasteiger partial charge in [-0.1, -0.05) is 0 Å². The number of nitrogens with one attached hydrogen (secondary N) is 1. The molecule has 1 atom stereocenters. The summed E-state index contributed by atoms with van der Waals surface area (Å²) in [7, 11) is -3.33. The first-order valence-corrected chi connectivity index (χ1v) is 12.8. The minimum absolute atomic E-state index is 0.140. The van der Waals surface area contributed by atoms with Crippen LogP contribution >= 0.6 is 11.3 Å². The van der Waals surface area contributed by atoms with E-state index in [2.05, 4.69) is 15.3 Å². The summed E-state index contributed by atoms with van der Waals surface area (Å²) in [5, 5.41) is 6.02. The van der Waals surface area contributed by atoms with Crippen LogP contribution in [0.2, 0.25) is 0 Å². The highest BCUT2D eigenvalue weighted by Crippen LogP contribution is 2.34. The quantitative estimate of drug-likeness (QED) is 0.551. The van der Waals surface area contributed by atoms with Crippen molar-refractivity contribution in [1.82, 2.24) is 15.3 Å². The largest absolute Gasteiger partial charge is 0.352 e. The number of nitrogens with zero attached hydrogens (tertiary/aromatic N) is 3. The van der Waals surface area contributed by atoms with Crippen LogP contribution in [0.25, 0.3) is 11.3 Å². The van der Waals surface area contributed by atoms with Crippen LogP contribution in [0, 0.1) is 0 Å². The van der Waals surface area contributed by atoms with Crippen LogP contribution in [-0.2, 0) is 22.9 Å². The van der Waals surface area contributed by atoms with Gasteiger partial charge in [0.05, 0.1) is 22.6 Å². The number of carbonyl (C=O) groups is 1. The summed E-state index contributed by atoms with van der Waals surface area (Å²) in [6.45, 7) is 2.42. The fourth-order valence-electron chi connectivity index (χ4n) is 3.87. The van der Waals surface area contributed by atoms with E-state index < -0.39 is 10.0 Å². The molecule has 7 nitrogen and oxygen atoms in total. The lowest BCUT2D eigenvalue weighted by molar-refractivity contribution is 0.0953. The second-order valence-electron chi connectivity index (χ2n) is 7.68. The molecule has 1 aliphatic heterocycles. The zero-order chi connectivity index (χ0) is 22.0. The summed E-state index contributed by atoms with van der Waals surface area (Å²) in [4.78, 5) is 21.2. The van der Waals surface area contributed by atoms with Crippen molar-refractivity contribution in [3.8, 4) is 11.3 Å². The number of sulfonamides is 1. The van der Waals surface area contributed by atoms with Crippen molar-refractivity contribution >= 4 is 33.0 Å². The molecule has 9 heteroatoms. The molecule has 0 saturated carbocycles. The van der Waals surface area contributed by atoms with Crippen LogP contribution in [0.1, 0.15) is 34.3 Å². The maximum atomic E-state index is 12.5. The molecule has 2 aromatic heterocycles. The van der Waals surface area contributed by atoms with Crippen molar-refractivity contribution in [3.05, 3.63) is 64.2 Å². The summed E-state index contributed by atoms with van der Waals surface area (Å²) >= 11 is 1.62. The van der Waals surface area contributed by atoms with Crippen molar-refractivity contribution in [1.29, 1.82) is 0 Å². The number of hydrogen-bond acceptors (Lipinski definition) is 6. The lowest BCUT2D eigenvalue weighted by Crippen LogP contribution is -2.34. The van der Waals surface area contributed by atoms with Crippen molar-refractivity contribution in [2.24, 2.45) is 0 Å². The fraction of sp³-hybridized carbons (Fsp3) is 0.318. The topological polar surface area (TPSA) is 92.3 Å². The second kappa shape index (κ2) is 8.76. The smallest absolute Gasteiger partial charge is 0.251 e. The SMILES string of the molecule is CC1Cc2cc(C(=O)NCCCc3nc(-c4ccncc4)cs3)ccc2N1S(C)(=O)=O. The average molecular weight is 457 g/mol. The molecule has 162 valence electrons. The summed E-state index contributed by atoms with van der Waals surface area (Å²) in [5.41, 5.74) is 4.10. The Hall–Kier alpha value is -2.78. The van der Waals surface area contributed by atoms with Gasteiger partial charge in [0.2, 0.25) is 10.0 Å². The zero-order valence-corrected chi connectivity index (χ0v) is 19.0. The number of aryl methyl sites for hydroxylation is 1. The number of pyridine rings is 1. The molecule has 1 N–H and O–H groups in total. The number of carbonyl (C=O) groups excluding carboxylic acids is 1. The predicted molar refractivity (Wildman–Crippen MR) is 123 cm³/mol. The Kier molecular flexibility index (Phi) is 6.06. The molecule has 0 radical (unpaired) electrons. The van der Waals surface area contributed by atoms with Crippen molar-refractivity contribution in [3.63, 3.8) is 0 Å². The molecule has 3 aromatic rings. The van der Waals surface area contributed by atoms with E-state index in [1.807, 2.05) is 24.4 Å². The summed E-state index contributed by atoms with van der Waals surface area (Å²) in [6.07, 6.45) is 6.90. The standard InChI is InChI=1S/C22H24N4O3S2/c1-15-12-18-13-17(5-6-20(18)26(15)31(2,28)29)22(27)24-9-3-4-21-25-19(14-30-21)16-7-10-23-11-8-16/h5-8,10-11,13-15H,3-4,9,12H2,1-2H3,(H,24,27). The van der Waals surface area contributed by atoms with Gasteiger partial charge in [-0.25, -0.2) is 13.4 Å². The molecule has 1 aliphatic rings. The van der Waals surface area contributed by atoms with Gasteiger partial charge in [0, 0.05) is 47.9 Å². The first kappa shape index (κ1) is 21.5. The summed E-state index contributed by atoms with van der Waals surface area (Å²) in [6, 6.07) is 8.95. The highest BCUT2D eigenvalue weighted by atomic mass is 32.2. The van der Waals surface area contributed by atoms with Gasteiger partial charge in [0.15, 0.2) is 0 Å². The molecule has 1 amide bonds. The normalized spacial score (nSPS) is 15.7. The zero-order valence-electron chi connectivity index (χ0n) is 17.4.